The van der Waals surface area contributed by atoms with Crippen LogP contribution in [0.15, 0.2) is 42.5 Å². The van der Waals surface area contributed by atoms with Gasteiger partial charge >= 0.3 is 0 Å². The Kier molecular flexibility index (Phi) is 8.12. The van der Waals surface area contributed by atoms with Crippen molar-refractivity contribution in [3.05, 3.63) is 58.1 Å². The Morgan fingerprint density at radius 2 is 1.81 bits per heavy atom. The van der Waals surface area contributed by atoms with Crippen molar-refractivity contribution in [2.45, 2.75) is 19.8 Å². The Labute approximate surface area is 197 Å². The highest BCUT2D eigenvalue weighted by atomic mass is 35.5. The zero-order chi connectivity index (χ0) is 22.4. The fraction of sp³-hybridized carbons (Fsp3) is 0.318. The van der Waals surface area contributed by atoms with Crippen LogP contribution in [0.4, 0.5) is 11.4 Å². The summed E-state index contributed by atoms with van der Waals surface area (Å²) in [6.45, 7) is 4.85. The van der Waals surface area contributed by atoms with Crippen LogP contribution >= 0.6 is 35.4 Å². The smallest absolute Gasteiger partial charge is 0.257 e. The summed E-state index contributed by atoms with van der Waals surface area (Å²) >= 11 is 17.7. The number of anilines is 2. The molecule has 0 aromatic heterocycles. The number of nitrogens with one attached hydrogen (secondary N) is 2. The quantitative estimate of drug-likeness (QED) is 0.616. The zero-order valence-corrected chi connectivity index (χ0v) is 19.5. The number of rotatable bonds is 5. The molecule has 31 heavy (non-hydrogen) atoms. The molecule has 0 spiro atoms. The monoisotopic (exact) mass is 478 g/mol. The highest BCUT2D eigenvalue weighted by Gasteiger charge is 2.22. The maximum absolute atomic E-state index is 12.3. The molecule has 0 unspecified atom stereocenters. The number of piperazine rings is 1. The Hall–Kier alpha value is -2.35. The van der Waals surface area contributed by atoms with Gasteiger partial charge in [-0.25, -0.2) is 0 Å². The third kappa shape index (κ3) is 6.32. The van der Waals surface area contributed by atoms with Gasteiger partial charge in [-0.3, -0.25) is 14.9 Å². The normalized spacial score (nSPS) is 13.6. The number of nitrogens with zero attached hydrogens (tertiary/aromatic N) is 2. The van der Waals surface area contributed by atoms with Crippen LogP contribution in [0.1, 0.15) is 30.1 Å². The van der Waals surface area contributed by atoms with Crippen LogP contribution in [0.2, 0.25) is 10.0 Å². The van der Waals surface area contributed by atoms with Crippen LogP contribution in [-0.2, 0) is 4.79 Å². The van der Waals surface area contributed by atoms with E-state index >= 15 is 0 Å². The Balaban J connectivity index is 1.56. The lowest BCUT2D eigenvalue weighted by Crippen LogP contribution is -2.48. The number of benzene rings is 2. The van der Waals surface area contributed by atoms with E-state index in [4.69, 9.17) is 35.4 Å². The summed E-state index contributed by atoms with van der Waals surface area (Å²) in [4.78, 5) is 28.4. The molecule has 164 valence electrons. The van der Waals surface area contributed by atoms with E-state index < -0.39 is 0 Å². The van der Waals surface area contributed by atoms with E-state index in [0.717, 1.165) is 25.2 Å². The van der Waals surface area contributed by atoms with Crippen molar-refractivity contribution in [3.8, 4) is 0 Å². The second-order valence-electron chi connectivity index (χ2n) is 7.20. The molecule has 0 bridgehead atoms. The molecule has 0 aliphatic carbocycles. The van der Waals surface area contributed by atoms with E-state index in [1.165, 1.54) is 0 Å². The first-order chi connectivity index (χ1) is 14.9. The van der Waals surface area contributed by atoms with E-state index in [0.29, 0.717) is 40.8 Å². The lowest BCUT2D eigenvalue weighted by molar-refractivity contribution is -0.131. The molecule has 0 atom stereocenters. The van der Waals surface area contributed by atoms with Gasteiger partial charge in [0.1, 0.15) is 0 Å². The number of carbonyl (C=O) groups is 2. The van der Waals surface area contributed by atoms with E-state index in [1.807, 2.05) is 24.0 Å². The van der Waals surface area contributed by atoms with Crippen molar-refractivity contribution in [2.24, 2.45) is 0 Å². The Morgan fingerprint density at radius 1 is 1.06 bits per heavy atom. The number of hydrogen-bond donors (Lipinski definition) is 2. The molecule has 2 aromatic rings. The minimum Gasteiger partial charge on any atom is -0.367 e. The first-order valence-electron chi connectivity index (χ1n) is 10.1. The Bertz CT molecular complexity index is 978. The fourth-order valence-corrected chi connectivity index (χ4v) is 4.08. The fourth-order valence-electron chi connectivity index (χ4n) is 3.38. The molecule has 2 amide bonds. The topological polar surface area (TPSA) is 64.7 Å². The lowest BCUT2D eigenvalue weighted by atomic mass is 10.2. The average Bonchev–Trinajstić information content (AvgIpc) is 2.74. The molecule has 2 N–H and O–H groups in total. The standard InChI is InChI=1S/C22H24Cl2N4O2S/c1-2-4-20(29)28-11-9-27(10-12-28)19-8-7-17(14-18(19)24)25-22(31)26-21(30)15-5-3-6-16(23)13-15/h3,5-8,13-14H,2,4,9-12H2,1H3,(H2,25,26,30,31). The molecule has 1 fully saturated rings. The minimum atomic E-state index is -0.349. The third-order valence-electron chi connectivity index (χ3n) is 4.96. The summed E-state index contributed by atoms with van der Waals surface area (Å²) in [7, 11) is 0. The first kappa shape index (κ1) is 23.3. The summed E-state index contributed by atoms with van der Waals surface area (Å²) in [5.41, 5.74) is 1.99. The van der Waals surface area contributed by atoms with Gasteiger partial charge in [0.05, 0.1) is 10.7 Å². The van der Waals surface area contributed by atoms with E-state index in [1.54, 1.807) is 30.3 Å². The summed E-state index contributed by atoms with van der Waals surface area (Å²) in [5.74, 6) is -0.140. The van der Waals surface area contributed by atoms with Crippen molar-refractivity contribution >= 4 is 63.7 Å². The van der Waals surface area contributed by atoms with E-state index in [2.05, 4.69) is 15.5 Å². The minimum absolute atomic E-state index is 0.164. The molecule has 3 rings (SSSR count). The highest BCUT2D eigenvalue weighted by molar-refractivity contribution is 7.80. The SMILES string of the molecule is CCCC(=O)N1CCN(c2ccc(NC(=S)NC(=O)c3cccc(Cl)c3)cc2Cl)CC1. The molecular formula is C22H24Cl2N4O2S. The lowest BCUT2D eigenvalue weighted by Gasteiger charge is -2.36. The molecule has 1 saturated heterocycles. The number of amides is 2. The van der Waals surface area contributed by atoms with Gasteiger partial charge in [-0.2, -0.15) is 0 Å². The molecule has 0 saturated carbocycles. The first-order valence-corrected chi connectivity index (χ1v) is 11.2. The predicted molar refractivity (Wildman–Crippen MR) is 130 cm³/mol. The largest absolute Gasteiger partial charge is 0.367 e. The van der Waals surface area contributed by atoms with Gasteiger partial charge in [0.25, 0.3) is 5.91 Å². The highest BCUT2D eigenvalue weighted by Crippen LogP contribution is 2.29. The van der Waals surface area contributed by atoms with Crippen LogP contribution in [0, 0.1) is 0 Å². The average molecular weight is 479 g/mol. The summed E-state index contributed by atoms with van der Waals surface area (Å²) < 4.78 is 0. The molecule has 9 heteroatoms. The molecular weight excluding hydrogens is 455 g/mol. The second kappa shape index (κ2) is 10.8. The van der Waals surface area contributed by atoms with Crippen LogP contribution in [0.5, 0.6) is 0 Å². The molecule has 1 aliphatic rings. The van der Waals surface area contributed by atoms with Crippen LogP contribution in [0.25, 0.3) is 0 Å². The number of hydrogen-bond acceptors (Lipinski definition) is 4. The zero-order valence-electron chi connectivity index (χ0n) is 17.2. The number of carbonyl (C=O) groups excluding carboxylic acids is 2. The van der Waals surface area contributed by atoms with E-state index in [9.17, 15) is 9.59 Å². The van der Waals surface area contributed by atoms with Crippen molar-refractivity contribution in [2.75, 3.05) is 36.4 Å². The maximum atomic E-state index is 12.3. The molecule has 6 nitrogen and oxygen atoms in total. The summed E-state index contributed by atoms with van der Waals surface area (Å²) in [5, 5.41) is 6.81. The summed E-state index contributed by atoms with van der Waals surface area (Å²) in [6, 6.07) is 12.2. The van der Waals surface area contributed by atoms with Gasteiger partial charge in [-0.15, -0.1) is 0 Å². The van der Waals surface area contributed by atoms with Crippen molar-refractivity contribution in [1.29, 1.82) is 0 Å². The van der Waals surface area contributed by atoms with Crippen LogP contribution in [0.3, 0.4) is 0 Å². The predicted octanol–water partition coefficient (Wildman–Crippen LogP) is 4.57. The number of thiocarbonyl (C=S) groups is 1. The van der Waals surface area contributed by atoms with Gasteiger partial charge in [-0.1, -0.05) is 36.2 Å². The van der Waals surface area contributed by atoms with Gasteiger partial charge in [0, 0.05) is 48.9 Å². The molecule has 1 aliphatic heterocycles. The summed E-state index contributed by atoms with van der Waals surface area (Å²) in [6.07, 6.45) is 1.45. The third-order valence-corrected chi connectivity index (χ3v) is 5.70. The van der Waals surface area contributed by atoms with Crippen molar-refractivity contribution in [3.63, 3.8) is 0 Å². The van der Waals surface area contributed by atoms with Crippen molar-refractivity contribution < 1.29 is 9.59 Å². The van der Waals surface area contributed by atoms with Crippen molar-refractivity contribution in [1.82, 2.24) is 10.2 Å². The molecule has 2 aromatic carbocycles. The van der Waals surface area contributed by atoms with Gasteiger partial charge in [0.15, 0.2) is 5.11 Å². The second-order valence-corrected chi connectivity index (χ2v) is 8.45. The maximum Gasteiger partial charge on any atom is 0.257 e. The van der Waals surface area contributed by atoms with Gasteiger partial charge in [-0.05, 0) is 55.0 Å². The van der Waals surface area contributed by atoms with Crippen LogP contribution in [-0.4, -0.2) is 48.0 Å². The van der Waals surface area contributed by atoms with Crippen LogP contribution < -0.4 is 15.5 Å². The Morgan fingerprint density at radius 3 is 2.45 bits per heavy atom. The number of halogens is 2. The van der Waals surface area contributed by atoms with E-state index in [-0.39, 0.29) is 16.9 Å². The molecule has 1 heterocycles. The molecule has 0 radical (unpaired) electrons. The van der Waals surface area contributed by atoms with Gasteiger partial charge in [0.2, 0.25) is 5.91 Å². The van der Waals surface area contributed by atoms with Gasteiger partial charge < -0.3 is 15.1 Å².